The Kier molecular flexibility index (Phi) is 6.15. The second-order valence-electron chi connectivity index (χ2n) is 6.46. The van der Waals surface area contributed by atoms with Gasteiger partial charge in [0.25, 0.3) is 0 Å². The molecule has 0 heterocycles. The molecule has 2 nitrogen and oxygen atoms in total. The van der Waals surface area contributed by atoms with E-state index in [0.717, 1.165) is 24.1 Å². The molecule has 0 saturated heterocycles. The van der Waals surface area contributed by atoms with Crippen LogP contribution in [0, 0.1) is 18.2 Å². The Bertz CT molecular complexity index is 425. The fraction of sp³-hybridized carbons (Fsp3) is 0.647. The minimum absolute atomic E-state index is 0.00403. The molecule has 1 N–H and O–H groups in total. The summed E-state index contributed by atoms with van der Waals surface area (Å²) < 4.78 is 19.4. The van der Waals surface area contributed by atoms with Gasteiger partial charge in [-0.3, -0.25) is 0 Å². The van der Waals surface area contributed by atoms with E-state index < -0.39 is 0 Å². The molecular formula is C17H28FNO. The maximum atomic E-state index is 13.6. The second-order valence-corrected chi connectivity index (χ2v) is 6.46. The lowest BCUT2D eigenvalue weighted by Crippen LogP contribution is -2.42. The number of benzene rings is 1. The summed E-state index contributed by atoms with van der Waals surface area (Å²) in [5.41, 5.74) is 2.05. The van der Waals surface area contributed by atoms with E-state index >= 15 is 0 Å². The van der Waals surface area contributed by atoms with Crippen molar-refractivity contribution in [3.05, 3.63) is 35.1 Å². The van der Waals surface area contributed by atoms with Crippen LogP contribution in [0.1, 0.15) is 51.3 Å². The summed E-state index contributed by atoms with van der Waals surface area (Å²) in [5, 5.41) is 3.52. The molecule has 0 fully saturated rings. The summed E-state index contributed by atoms with van der Waals surface area (Å²) in [4.78, 5) is 0. The van der Waals surface area contributed by atoms with E-state index in [-0.39, 0.29) is 23.4 Å². The van der Waals surface area contributed by atoms with Crippen molar-refractivity contribution in [1.82, 2.24) is 5.32 Å². The molecule has 1 aromatic rings. The van der Waals surface area contributed by atoms with Gasteiger partial charge in [0.15, 0.2) is 0 Å². The summed E-state index contributed by atoms with van der Waals surface area (Å²) in [6.07, 6.45) is 1.01. The molecule has 1 aromatic carbocycles. The predicted molar refractivity (Wildman–Crippen MR) is 82.4 cm³/mol. The topological polar surface area (TPSA) is 21.3 Å². The molecule has 1 rings (SSSR count). The minimum Gasteiger partial charge on any atom is -0.379 e. The first-order valence-corrected chi connectivity index (χ1v) is 7.33. The highest BCUT2D eigenvalue weighted by atomic mass is 19.1. The van der Waals surface area contributed by atoms with Gasteiger partial charge < -0.3 is 10.1 Å². The third-order valence-corrected chi connectivity index (χ3v) is 3.60. The van der Waals surface area contributed by atoms with Gasteiger partial charge >= 0.3 is 0 Å². The van der Waals surface area contributed by atoms with E-state index in [1.165, 1.54) is 6.07 Å². The van der Waals surface area contributed by atoms with Crippen molar-refractivity contribution in [3.63, 3.8) is 0 Å². The van der Waals surface area contributed by atoms with Crippen LogP contribution in [0.2, 0.25) is 0 Å². The summed E-state index contributed by atoms with van der Waals surface area (Å²) in [6.45, 7) is 11.5. The molecule has 0 aliphatic carbocycles. The standard InChI is InChI=1S/C17H28FNO/c1-7-10-19-15(16(20-6)17(3,4)5)14-11-13(18)9-8-12(14)2/h8-9,11,15-16,19H,7,10H2,1-6H3. The number of ether oxygens (including phenoxy) is 1. The first-order chi connectivity index (χ1) is 9.31. The Morgan fingerprint density at radius 1 is 1.30 bits per heavy atom. The minimum atomic E-state index is -0.197. The van der Waals surface area contributed by atoms with Crippen molar-refractivity contribution in [1.29, 1.82) is 0 Å². The SMILES string of the molecule is CCCNC(c1cc(F)ccc1C)C(OC)C(C)(C)C. The van der Waals surface area contributed by atoms with Crippen LogP contribution >= 0.6 is 0 Å². The van der Waals surface area contributed by atoms with Gasteiger partial charge in [0.2, 0.25) is 0 Å². The van der Waals surface area contributed by atoms with Crippen LogP contribution in [0.15, 0.2) is 18.2 Å². The third-order valence-electron chi connectivity index (χ3n) is 3.60. The normalized spacial score (nSPS) is 15.2. The zero-order valence-corrected chi connectivity index (χ0v) is 13.6. The number of halogens is 1. The van der Waals surface area contributed by atoms with Crippen molar-refractivity contribution < 1.29 is 9.13 Å². The first-order valence-electron chi connectivity index (χ1n) is 7.33. The number of hydrogen-bond donors (Lipinski definition) is 1. The number of aryl methyl sites for hydroxylation is 1. The summed E-state index contributed by atoms with van der Waals surface area (Å²) >= 11 is 0. The molecule has 0 aliphatic heterocycles. The number of methoxy groups -OCH3 is 1. The molecule has 0 saturated carbocycles. The van der Waals surface area contributed by atoms with Crippen molar-refractivity contribution >= 4 is 0 Å². The highest BCUT2D eigenvalue weighted by Crippen LogP contribution is 2.34. The quantitative estimate of drug-likeness (QED) is 0.842. The lowest BCUT2D eigenvalue weighted by Gasteiger charge is -2.37. The van der Waals surface area contributed by atoms with Crippen LogP contribution in [0.5, 0.6) is 0 Å². The van der Waals surface area contributed by atoms with E-state index in [1.807, 2.05) is 13.0 Å². The maximum Gasteiger partial charge on any atom is 0.123 e. The Morgan fingerprint density at radius 3 is 2.45 bits per heavy atom. The highest BCUT2D eigenvalue weighted by molar-refractivity contribution is 5.31. The molecule has 2 atom stereocenters. The molecule has 0 radical (unpaired) electrons. The Morgan fingerprint density at radius 2 is 1.95 bits per heavy atom. The molecule has 0 bridgehead atoms. The van der Waals surface area contributed by atoms with Crippen molar-refractivity contribution in [2.24, 2.45) is 5.41 Å². The van der Waals surface area contributed by atoms with Crippen molar-refractivity contribution in [2.45, 2.75) is 53.2 Å². The Labute approximate surface area is 122 Å². The smallest absolute Gasteiger partial charge is 0.123 e. The van der Waals surface area contributed by atoms with Crippen molar-refractivity contribution in [2.75, 3.05) is 13.7 Å². The maximum absolute atomic E-state index is 13.6. The number of hydrogen-bond acceptors (Lipinski definition) is 2. The zero-order chi connectivity index (χ0) is 15.3. The van der Waals surface area contributed by atoms with Gasteiger partial charge in [-0.05, 0) is 48.6 Å². The molecule has 0 aliphatic rings. The van der Waals surface area contributed by atoms with E-state index in [2.05, 4.69) is 33.0 Å². The van der Waals surface area contributed by atoms with E-state index in [4.69, 9.17) is 4.74 Å². The van der Waals surface area contributed by atoms with Gasteiger partial charge in [-0.1, -0.05) is 33.8 Å². The highest BCUT2D eigenvalue weighted by Gasteiger charge is 2.33. The van der Waals surface area contributed by atoms with E-state index in [1.54, 1.807) is 13.2 Å². The van der Waals surface area contributed by atoms with Crippen LogP contribution < -0.4 is 5.32 Å². The van der Waals surface area contributed by atoms with Gasteiger partial charge in [0.05, 0.1) is 12.1 Å². The fourth-order valence-corrected chi connectivity index (χ4v) is 2.62. The lowest BCUT2D eigenvalue weighted by atomic mass is 9.81. The number of rotatable bonds is 6. The summed E-state index contributed by atoms with van der Waals surface area (Å²) in [5.74, 6) is -0.197. The van der Waals surface area contributed by atoms with Crippen LogP contribution in [-0.2, 0) is 4.74 Å². The van der Waals surface area contributed by atoms with E-state index in [9.17, 15) is 4.39 Å². The molecule has 2 unspecified atom stereocenters. The van der Waals surface area contributed by atoms with Gasteiger partial charge in [-0.25, -0.2) is 4.39 Å². The summed E-state index contributed by atoms with van der Waals surface area (Å²) in [6, 6.07) is 4.96. The van der Waals surface area contributed by atoms with Crippen LogP contribution in [0.3, 0.4) is 0 Å². The third kappa shape index (κ3) is 4.29. The predicted octanol–water partition coefficient (Wildman–Crippen LogP) is 4.24. The molecule has 114 valence electrons. The van der Waals surface area contributed by atoms with Crippen molar-refractivity contribution in [3.8, 4) is 0 Å². The molecule has 20 heavy (non-hydrogen) atoms. The monoisotopic (exact) mass is 281 g/mol. The Hall–Kier alpha value is -0.930. The largest absolute Gasteiger partial charge is 0.379 e. The molecule has 0 spiro atoms. The Balaban J connectivity index is 3.19. The summed E-state index contributed by atoms with van der Waals surface area (Å²) in [7, 11) is 1.73. The van der Waals surface area contributed by atoms with Gasteiger partial charge in [0.1, 0.15) is 5.82 Å². The van der Waals surface area contributed by atoms with E-state index in [0.29, 0.717) is 0 Å². The van der Waals surface area contributed by atoms with Crippen LogP contribution in [0.4, 0.5) is 4.39 Å². The molecule has 0 aromatic heterocycles. The number of nitrogens with one attached hydrogen (secondary N) is 1. The lowest BCUT2D eigenvalue weighted by molar-refractivity contribution is -0.0121. The second kappa shape index (κ2) is 7.19. The molecule has 0 amide bonds. The fourth-order valence-electron chi connectivity index (χ4n) is 2.62. The van der Waals surface area contributed by atoms with Crippen LogP contribution in [-0.4, -0.2) is 19.8 Å². The average Bonchev–Trinajstić information content (AvgIpc) is 2.36. The van der Waals surface area contributed by atoms with Gasteiger partial charge in [-0.15, -0.1) is 0 Å². The van der Waals surface area contributed by atoms with Gasteiger partial charge in [0, 0.05) is 7.11 Å². The van der Waals surface area contributed by atoms with Gasteiger partial charge in [-0.2, -0.15) is 0 Å². The average molecular weight is 281 g/mol. The van der Waals surface area contributed by atoms with Crippen LogP contribution in [0.25, 0.3) is 0 Å². The molecular weight excluding hydrogens is 253 g/mol. The zero-order valence-electron chi connectivity index (χ0n) is 13.6. The molecule has 3 heteroatoms. The first kappa shape index (κ1) is 17.1.